The van der Waals surface area contributed by atoms with Gasteiger partial charge in [-0.2, -0.15) is 0 Å². The maximum absolute atomic E-state index is 12.3. The van der Waals surface area contributed by atoms with Crippen LogP contribution in [0.25, 0.3) is 0 Å². The minimum Gasteiger partial charge on any atom is -0.381 e. The largest absolute Gasteiger partial charge is 0.381 e. The van der Waals surface area contributed by atoms with Crippen molar-refractivity contribution in [2.45, 2.75) is 44.8 Å². The van der Waals surface area contributed by atoms with Crippen molar-refractivity contribution >= 4 is 30.7 Å². The summed E-state index contributed by atoms with van der Waals surface area (Å²) in [5.74, 6) is 0.208. The standard InChI is InChI=1S/C15H29N3O3.2ClH/c1-11(12(2)18-5-9-21-10-6-18)17-15(19)14(16)13-3-7-20-8-4-13;;/h11-14H,3-10,16H2,1-2H3,(H,17,19);2*1H. The molecule has 0 saturated carbocycles. The molecule has 2 fully saturated rings. The normalized spacial score (nSPS) is 23.8. The maximum atomic E-state index is 12.3. The van der Waals surface area contributed by atoms with Crippen molar-refractivity contribution < 1.29 is 14.3 Å². The summed E-state index contributed by atoms with van der Waals surface area (Å²) in [4.78, 5) is 14.7. The van der Waals surface area contributed by atoms with Gasteiger partial charge in [0.15, 0.2) is 0 Å². The molecule has 138 valence electrons. The van der Waals surface area contributed by atoms with Crippen molar-refractivity contribution in [3.8, 4) is 0 Å². The highest BCUT2D eigenvalue weighted by Gasteiger charge is 2.29. The molecule has 0 aromatic rings. The summed E-state index contributed by atoms with van der Waals surface area (Å²) in [5, 5.41) is 3.09. The summed E-state index contributed by atoms with van der Waals surface area (Å²) in [5.41, 5.74) is 6.12. The number of rotatable bonds is 5. The number of carbonyl (C=O) groups is 1. The molecule has 0 radical (unpaired) electrons. The monoisotopic (exact) mass is 371 g/mol. The Morgan fingerprint density at radius 3 is 2.17 bits per heavy atom. The molecule has 2 rings (SSSR count). The summed E-state index contributed by atoms with van der Waals surface area (Å²) < 4.78 is 10.7. The molecule has 0 bridgehead atoms. The first-order valence-corrected chi connectivity index (χ1v) is 8.05. The summed E-state index contributed by atoms with van der Waals surface area (Å²) in [6.07, 6.45) is 1.75. The van der Waals surface area contributed by atoms with E-state index < -0.39 is 6.04 Å². The van der Waals surface area contributed by atoms with Crippen LogP contribution < -0.4 is 11.1 Å². The van der Waals surface area contributed by atoms with Gasteiger partial charge in [0.05, 0.1) is 19.3 Å². The summed E-state index contributed by atoms with van der Waals surface area (Å²) >= 11 is 0. The van der Waals surface area contributed by atoms with E-state index in [1.54, 1.807) is 0 Å². The zero-order valence-electron chi connectivity index (χ0n) is 14.0. The molecule has 0 aromatic carbocycles. The number of hydrogen-bond donors (Lipinski definition) is 2. The summed E-state index contributed by atoms with van der Waals surface area (Å²) in [6, 6.07) is -0.0468. The Kier molecular flexibility index (Phi) is 11.4. The van der Waals surface area contributed by atoms with Crippen molar-refractivity contribution in [1.29, 1.82) is 0 Å². The van der Waals surface area contributed by atoms with Crippen LogP contribution in [0.1, 0.15) is 26.7 Å². The first-order valence-electron chi connectivity index (χ1n) is 8.05. The van der Waals surface area contributed by atoms with Crippen LogP contribution in [0.5, 0.6) is 0 Å². The number of nitrogens with two attached hydrogens (primary N) is 1. The molecule has 23 heavy (non-hydrogen) atoms. The van der Waals surface area contributed by atoms with Crippen LogP contribution in [0.4, 0.5) is 0 Å². The number of halogens is 2. The maximum Gasteiger partial charge on any atom is 0.237 e. The molecule has 6 nitrogen and oxygen atoms in total. The van der Waals surface area contributed by atoms with Gasteiger partial charge in [0.1, 0.15) is 0 Å². The lowest BCUT2D eigenvalue weighted by molar-refractivity contribution is -0.125. The highest BCUT2D eigenvalue weighted by atomic mass is 35.5. The minimum absolute atomic E-state index is 0. The number of carbonyl (C=O) groups excluding carboxylic acids is 1. The van der Waals surface area contributed by atoms with Crippen molar-refractivity contribution in [1.82, 2.24) is 10.2 Å². The van der Waals surface area contributed by atoms with Gasteiger partial charge in [0, 0.05) is 38.4 Å². The number of nitrogens with zero attached hydrogens (tertiary/aromatic N) is 1. The number of hydrogen-bond acceptors (Lipinski definition) is 5. The van der Waals surface area contributed by atoms with E-state index in [0.29, 0.717) is 19.3 Å². The Hall–Kier alpha value is -0.110. The van der Waals surface area contributed by atoms with E-state index in [1.165, 1.54) is 0 Å². The third-order valence-electron chi connectivity index (χ3n) is 4.79. The lowest BCUT2D eigenvalue weighted by Crippen LogP contribution is -2.56. The highest BCUT2D eigenvalue weighted by molar-refractivity contribution is 5.85. The Morgan fingerprint density at radius 2 is 1.61 bits per heavy atom. The molecule has 2 aliphatic heterocycles. The predicted octanol–water partition coefficient (Wildman–Crippen LogP) is 0.809. The molecule has 3 N–H and O–H groups in total. The molecule has 0 aromatic heterocycles. The second kappa shape index (κ2) is 11.4. The van der Waals surface area contributed by atoms with Crippen LogP contribution in [0.2, 0.25) is 0 Å². The predicted molar refractivity (Wildman–Crippen MR) is 95.5 cm³/mol. The van der Waals surface area contributed by atoms with Gasteiger partial charge in [-0.25, -0.2) is 0 Å². The van der Waals surface area contributed by atoms with Gasteiger partial charge in [-0.1, -0.05) is 0 Å². The van der Waals surface area contributed by atoms with Crippen LogP contribution in [-0.2, 0) is 14.3 Å². The molecule has 0 aliphatic carbocycles. The molecule has 2 saturated heterocycles. The van der Waals surface area contributed by atoms with Gasteiger partial charge in [0.25, 0.3) is 0 Å². The quantitative estimate of drug-likeness (QED) is 0.747. The third kappa shape index (κ3) is 6.72. The van der Waals surface area contributed by atoms with E-state index in [1.807, 2.05) is 0 Å². The average molecular weight is 372 g/mol. The first kappa shape index (κ1) is 22.9. The average Bonchev–Trinajstić information content (AvgIpc) is 2.55. The van der Waals surface area contributed by atoms with Crippen molar-refractivity contribution in [2.75, 3.05) is 39.5 Å². The number of ether oxygens (including phenoxy) is 2. The molecule has 2 aliphatic rings. The fourth-order valence-electron chi connectivity index (χ4n) is 3.03. The summed E-state index contributed by atoms with van der Waals surface area (Å²) in [6.45, 7) is 9.02. The van der Waals surface area contributed by atoms with Crippen molar-refractivity contribution in [3.63, 3.8) is 0 Å². The molecule has 0 spiro atoms. The van der Waals surface area contributed by atoms with E-state index in [9.17, 15) is 4.79 Å². The molecule has 8 heteroatoms. The van der Waals surface area contributed by atoms with Crippen LogP contribution in [0.15, 0.2) is 0 Å². The minimum atomic E-state index is -0.423. The second-order valence-electron chi connectivity index (χ2n) is 6.16. The van der Waals surface area contributed by atoms with E-state index in [-0.39, 0.29) is 42.7 Å². The molecular formula is C15H31Cl2N3O3. The molecule has 3 atom stereocenters. The fraction of sp³-hybridized carbons (Fsp3) is 0.933. The highest BCUT2D eigenvalue weighted by Crippen LogP contribution is 2.18. The SMILES string of the molecule is CC(NC(=O)C(N)C1CCOCC1)C(C)N1CCOCC1.Cl.Cl. The van der Waals surface area contributed by atoms with Crippen LogP contribution in [0, 0.1) is 5.92 Å². The van der Waals surface area contributed by atoms with Gasteiger partial charge in [-0.15, -0.1) is 24.8 Å². The lowest BCUT2D eigenvalue weighted by atomic mass is 9.91. The van der Waals surface area contributed by atoms with E-state index >= 15 is 0 Å². The molecule has 1 amide bonds. The molecule has 2 heterocycles. The number of nitrogens with one attached hydrogen (secondary N) is 1. The smallest absolute Gasteiger partial charge is 0.237 e. The zero-order valence-corrected chi connectivity index (χ0v) is 15.7. The number of morpholine rings is 1. The zero-order chi connectivity index (χ0) is 15.2. The Labute approximate surface area is 151 Å². The van der Waals surface area contributed by atoms with Crippen LogP contribution in [0.3, 0.4) is 0 Å². The molecule has 3 unspecified atom stereocenters. The Balaban J connectivity index is 0.00000242. The Morgan fingerprint density at radius 1 is 1.09 bits per heavy atom. The molecular weight excluding hydrogens is 341 g/mol. The van der Waals surface area contributed by atoms with Gasteiger partial charge < -0.3 is 20.5 Å². The second-order valence-corrected chi connectivity index (χ2v) is 6.16. The first-order chi connectivity index (χ1) is 10.1. The summed E-state index contributed by atoms with van der Waals surface area (Å²) in [7, 11) is 0. The van der Waals surface area contributed by atoms with E-state index in [4.69, 9.17) is 15.2 Å². The van der Waals surface area contributed by atoms with Crippen molar-refractivity contribution in [2.24, 2.45) is 11.7 Å². The van der Waals surface area contributed by atoms with E-state index in [2.05, 4.69) is 24.1 Å². The number of amides is 1. The topological polar surface area (TPSA) is 76.8 Å². The Bertz CT molecular complexity index is 338. The van der Waals surface area contributed by atoms with Crippen LogP contribution >= 0.6 is 24.8 Å². The lowest BCUT2D eigenvalue weighted by Gasteiger charge is -2.36. The van der Waals surface area contributed by atoms with Gasteiger partial charge in [-0.05, 0) is 32.6 Å². The third-order valence-corrected chi connectivity index (χ3v) is 4.79. The van der Waals surface area contributed by atoms with Gasteiger partial charge in [0.2, 0.25) is 5.91 Å². The van der Waals surface area contributed by atoms with E-state index in [0.717, 1.165) is 39.1 Å². The van der Waals surface area contributed by atoms with Crippen molar-refractivity contribution in [3.05, 3.63) is 0 Å². The van der Waals surface area contributed by atoms with Gasteiger partial charge >= 0.3 is 0 Å². The van der Waals surface area contributed by atoms with Gasteiger partial charge in [-0.3, -0.25) is 9.69 Å². The van der Waals surface area contributed by atoms with Crippen LogP contribution in [-0.4, -0.2) is 68.4 Å². The fourth-order valence-corrected chi connectivity index (χ4v) is 3.03.